The third kappa shape index (κ3) is 2.94. The van der Waals surface area contributed by atoms with E-state index >= 15 is 0 Å². The van der Waals surface area contributed by atoms with Crippen LogP contribution in [0.1, 0.15) is 0 Å². The number of nitrogens with one attached hydrogen (secondary N) is 1. The van der Waals surface area contributed by atoms with Crippen LogP contribution in [0.15, 0.2) is 33.9 Å². The highest BCUT2D eigenvalue weighted by Crippen LogP contribution is 2.24. The highest BCUT2D eigenvalue weighted by atomic mass is 16.5. The lowest BCUT2D eigenvalue weighted by Gasteiger charge is -2.38. The van der Waals surface area contributed by atoms with Gasteiger partial charge in [0.05, 0.1) is 13.7 Å². The van der Waals surface area contributed by atoms with E-state index in [0.29, 0.717) is 24.5 Å². The molecule has 0 aromatic heterocycles. The molecule has 1 aliphatic rings. The number of ether oxygens (including phenoxy) is 1. The summed E-state index contributed by atoms with van der Waals surface area (Å²) < 4.78 is 5.17. The molecule has 7 nitrogen and oxygen atoms in total. The van der Waals surface area contributed by atoms with E-state index in [9.17, 15) is 9.59 Å². The third-order valence-electron chi connectivity index (χ3n) is 4.33. The molecule has 0 atom stereocenters. The number of benzene rings is 1. The fourth-order valence-electron chi connectivity index (χ4n) is 3.01. The van der Waals surface area contributed by atoms with Gasteiger partial charge in [-0.25, -0.2) is 0 Å². The zero-order chi connectivity index (χ0) is 17.1. The van der Waals surface area contributed by atoms with Crippen molar-refractivity contribution < 1.29 is 9.84 Å². The Balaban J connectivity index is 1.66. The first-order valence-corrected chi connectivity index (χ1v) is 7.97. The molecule has 3 rings (SSSR count). The fraction of sp³-hybridized carbons (Fsp3) is 0.412. The summed E-state index contributed by atoms with van der Waals surface area (Å²) in [5.74, 6) is 0.820. The van der Waals surface area contributed by atoms with E-state index in [4.69, 9.17) is 9.84 Å². The second-order valence-electron chi connectivity index (χ2n) is 5.70. The minimum Gasteiger partial charge on any atom is -0.497 e. The second kappa shape index (κ2) is 6.92. The molecule has 0 spiro atoms. The van der Waals surface area contributed by atoms with Gasteiger partial charge in [-0.05, 0) is 24.3 Å². The molecule has 0 amide bonds. The van der Waals surface area contributed by atoms with Crippen molar-refractivity contribution >= 4 is 17.1 Å². The molecule has 2 aromatic rings. The summed E-state index contributed by atoms with van der Waals surface area (Å²) >= 11 is 0. The summed E-state index contributed by atoms with van der Waals surface area (Å²) in [6, 6.07) is 7.88. The fourth-order valence-corrected chi connectivity index (χ4v) is 3.01. The number of aliphatic hydroxyl groups is 1. The summed E-state index contributed by atoms with van der Waals surface area (Å²) in [6.07, 6.45) is 0. The topological polar surface area (TPSA) is 82.1 Å². The van der Waals surface area contributed by atoms with E-state index in [2.05, 4.69) is 10.2 Å². The molecule has 1 aliphatic heterocycles. The van der Waals surface area contributed by atoms with Crippen molar-refractivity contribution in [1.82, 2.24) is 0 Å². The predicted molar refractivity (Wildman–Crippen MR) is 94.3 cm³/mol. The Morgan fingerprint density at radius 1 is 1.04 bits per heavy atom. The third-order valence-corrected chi connectivity index (χ3v) is 4.33. The van der Waals surface area contributed by atoms with Crippen molar-refractivity contribution in [2.75, 3.05) is 61.6 Å². The number of methoxy groups -OCH3 is 1. The maximum atomic E-state index is 11.9. The van der Waals surface area contributed by atoms with Crippen LogP contribution in [0.2, 0.25) is 0 Å². The molecule has 0 unspecified atom stereocenters. The van der Waals surface area contributed by atoms with Crippen LogP contribution in [0.3, 0.4) is 0 Å². The Kier molecular flexibility index (Phi) is 4.71. The minimum atomic E-state index is -0.490. The molecule has 1 saturated heterocycles. The van der Waals surface area contributed by atoms with E-state index in [1.54, 1.807) is 7.11 Å². The number of nitrogens with zero attached hydrogens (tertiary/aromatic N) is 2. The van der Waals surface area contributed by atoms with Crippen LogP contribution in [0.25, 0.3) is 0 Å². The molecular weight excluding hydrogens is 310 g/mol. The summed E-state index contributed by atoms with van der Waals surface area (Å²) in [7, 11) is 1.64. The highest BCUT2D eigenvalue weighted by Gasteiger charge is 2.28. The van der Waals surface area contributed by atoms with Gasteiger partial charge in [-0.2, -0.15) is 0 Å². The largest absolute Gasteiger partial charge is 0.497 e. The quantitative estimate of drug-likeness (QED) is 0.722. The number of rotatable bonds is 6. The lowest BCUT2D eigenvalue weighted by molar-refractivity contribution is 0.311. The molecule has 0 aliphatic carbocycles. The van der Waals surface area contributed by atoms with Gasteiger partial charge in [-0.3, -0.25) is 9.59 Å². The summed E-state index contributed by atoms with van der Waals surface area (Å²) in [5, 5.41) is 11.7. The van der Waals surface area contributed by atoms with Crippen LogP contribution in [-0.2, 0) is 0 Å². The molecule has 0 saturated carbocycles. The summed E-state index contributed by atoms with van der Waals surface area (Å²) in [5.41, 5.74) is 0.984. The normalized spacial score (nSPS) is 14.9. The second-order valence-corrected chi connectivity index (χ2v) is 5.70. The Labute approximate surface area is 139 Å². The van der Waals surface area contributed by atoms with E-state index in [1.807, 2.05) is 29.2 Å². The monoisotopic (exact) mass is 331 g/mol. The Hall–Kier alpha value is -2.54. The molecule has 1 heterocycles. The van der Waals surface area contributed by atoms with Gasteiger partial charge in [0.1, 0.15) is 17.1 Å². The number of hydrogen-bond donors (Lipinski definition) is 2. The van der Waals surface area contributed by atoms with Gasteiger partial charge in [-0.1, -0.05) is 0 Å². The number of anilines is 3. The van der Waals surface area contributed by atoms with Crippen molar-refractivity contribution in [3.63, 3.8) is 0 Å². The molecule has 0 bridgehead atoms. The molecule has 128 valence electrons. The van der Waals surface area contributed by atoms with E-state index in [0.717, 1.165) is 24.5 Å². The average molecular weight is 331 g/mol. The van der Waals surface area contributed by atoms with E-state index in [-0.39, 0.29) is 13.2 Å². The lowest BCUT2D eigenvalue weighted by Crippen LogP contribution is -2.51. The Morgan fingerprint density at radius 2 is 1.67 bits per heavy atom. The van der Waals surface area contributed by atoms with Crippen LogP contribution < -0.4 is 30.7 Å². The average Bonchev–Trinajstić information content (AvgIpc) is 2.64. The van der Waals surface area contributed by atoms with Gasteiger partial charge >= 0.3 is 0 Å². The molecule has 0 radical (unpaired) electrons. The van der Waals surface area contributed by atoms with Crippen LogP contribution in [0.4, 0.5) is 17.1 Å². The molecule has 1 fully saturated rings. The Bertz CT molecular complexity index is 757. The van der Waals surface area contributed by atoms with Crippen molar-refractivity contribution in [1.29, 1.82) is 0 Å². The summed E-state index contributed by atoms with van der Waals surface area (Å²) in [4.78, 5) is 27.7. The first-order valence-electron chi connectivity index (χ1n) is 7.97. The van der Waals surface area contributed by atoms with Gasteiger partial charge in [0, 0.05) is 38.4 Å². The zero-order valence-corrected chi connectivity index (χ0v) is 13.6. The smallest absolute Gasteiger partial charge is 0.253 e. The van der Waals surface area contributed by atoms with Crippen LogP contribution in [0, 0.1) is 0 Å². The molecule has 24 heavy (non-hydrogen) atoms. The first kappa shape index (κ1) is 16.3. The van der Waals surface area contributed by atoms with E-state index in [1.165, 1.54) is 0 Å². The summed E-state index contributed by atoms with van der Waals surface area (Å²) in [6.45, 7) is 3.07. The molecular formula is C17H21N3O4. The van der Waals surface area contributed by atoms with Crippen LogP contribution in [-0.4, -0.2) is 51.5 Å². The lowest BCUT2D eigenvalue weighted by atomic mass is 10.1. The first-order chi connectivity index (χ1) is 11.7. The molecule has 7 heteroatoms. The predicted octanol–water partition coefficient (Wildman–Crippen LogP) is 0.0220. The molecule has 2 aromatic carbocycles. The zero-order valence-electron chi connectivity index (χ0n) is 13.6. The van der Waals surface area contributed by atoms with Gasteiger partial charge < -0.3 is 25.0 Å². The van der Waals surface area contributed by atoms with Crippen molar-refractivity contribution in [2.24, 2.45) is 0 Å². The number of aliphatic hydroxyl groups excluding tert-OH is 1. The maximum Gasteiger partial charge on any atom is 0.253 e. The van der Waals surface area contributed by atoms with Gasteiger partial charge in [-0.15, -0.1) is 0 Å². The van der Waals surface area contributed by atoms with Crippen molar-refractivity contribution in [2.45, 2.75) is 0 Å². The van der Waals surface area contributed by atoms with Gasteiger partial charge in [0.25, 0.3) is 10.9 Å². The highest BCUT2D eigenvalue weighted by molar-refractivity contribution is 5.75. The number of piperazine rings is 1. The maximum absolute atomic E-state index is 11.9. The molecule has 2 N–H and O–H groups in total. The van der Waals surface area contributed by atoms with Crippen molar-refractivity contribution in [3.8, 4) is 5.75 Å². The Morgan fingerprint density at radius 3 is 2.25 bits per heavy atom. The van der Waals surface area contributed by atoms with Gasteiger partial charge in [0.15, 0.2) is 0 Å². The SMILES string of the molecule is COc1ccc(N2CCN(c3c(NCCO)c(=O)c3=O)CC2)cc1. The standard InChI is InChI=1S/C17H21N3O4/c1-24-13-4-2-12(3-5-13)19-7-9-20(10-8-19)15-14(18-6-11-21)16(22)17(15)23/h2-5,18,21H,6-11H2,1H3. The van der Waals surface area contributed by atoms with Crippen LogP contribution >= 0.6 is 0 Å². The van der Waals surface area contributed by atoms with Crippen LogP contribution in [0.5, 0.6) is 5.75 Å². The van der Waals surface area contributed by atoms with Gasteiger partial charge in [0.2, 0.25) is 0 Å². The number of hydrogen-bond acceptors (Lipinski definition) is 7. The van der Waals surface area contributed by atoms with E-state index < -0.39 is 10.9 Å². The minimum absolute atomic E-state index is 0.0799. The van der Waals surface area contributed by atoms with Crippen molar-refractivity contribution in [3.05, 3.63) is 44.7 Å².